The zero-order valence-electron chi connectivity index (χ0n) is 6.41. The molecule has 0 radical (unpaired) electrons. The van der Waals surface area contributed by atoms with Crippen molar-refractivity contribution in [1.29, 1.82) is 0 Å². The van der Waals surface area contributed by atoms with Gasteiger partial charge in [-0.1, -0.05) is 0 Å². The lowest BCUT2D eigenvalue weighted by Gasteiger charge is -1.96. The van der Waals surface area contributed by atoms with Crippen LogP contribution < -0.4 is 16.8 Å². The molecule has 0 aliphatic carbocycles. The first-order chi connectivity index (χ1) is 5.72. The number of carbonyl (C=O) groups is 1. The van der Waals surface area contributed by atoms with E-state index in [4.69, 9.17) is 11.5 Å². The highest BCUT2D eigenvalue weighted by Crippen LogP contribution is 2.14. The van der Waals surface area contributed by atoms with Crippen molar-refractivity contribution in [3.05, 3.63) is 11.8 Å². The van der Waals surface area contributed by atoms with Gasteiger partial charge in [-0.2, -0.15) is 4.37 Å². The molecule has 0 saturated carbocycles. The molecule has 0 atom stereocenters. The summed E-state index contributed by atoms with van der Waals surface area (Å²) in [7, 11) is 0. The number of nitrogens with zero attached hydrogens (tertiary/aromatic N) is 1. The summed E-state index contributed by atoms with van der Waals surface area (Å²) in [4.78, 5) is 10.4. The molecule has 0 aliphatic rings. The molecule has 1 heterocycles. The number of hydrogen-bond acceptors (Lipinski definition) is 5. The van der Waals surface area contributed by atoms with E-state index in [1.807, 2.05) is 0 Å². The van der Waals surface area contributed by atoms with Gasteiger partial charge in [0.05, 0.1) is 12.2 Å². The number of rotatable bonds is 4. The predicted molar refractivity (Wildman–Crippen MR) is 47.7 cm³/mol. The Bertz CT molecular complexity index is 272. The highest BCUT2D eigenvalue weighted by Gasteiger charge is 2.00. The molecule has 5 nitrogen and oxygen atoms in total. The molecule has 0 spiro atoms. The molecule has 0 fully saturated rings. The van der Waals surface area contributed by atoms with E-state index in [1.54, 1.807) is 6.07 Å². The Balaban J connectivity index is 2.47. The molecule has 0 unspecified atom stereocenters. The summed E-state index contributed by atoms with van der Waals surface area (Å²) >= 11 is 1.27. The number of nitrogens with two attached hydrogens (primary N) is 2. The van der Waals surface area contributed by atoms with Crippen LogP contribution in [0.15, 0.2) is 6.07 Å². The number of aromatic nitrogens is 1. The van der Waals surface area contributed by atoms with Crippen LogP contribution in [0.2, 0.25) is 0 Å². The summed E-state index contributed by atoms with van der Waals surface area (Å²) in [5.74, 6) is -0.391. The number of nitrogens with one attached hydrogen (secondary N) is 1. The highest BCUT2D eigenvalue weighted by atomic mass is 32.1. The van der Waals surface area contributed by atoms with Crippen LogP contribution >= 0.6 is 11.5 Å². The average molecular weight is 186 g/mol. The van der Waals surface area contributed by atoms with Crippen molar-refractivity contribution >= 4 is 22.4 Å². The van der Waals surface area contributed by atoms with Crippen LogP contribution in [0.4, 0.5) is 5.00 Å². The van der Waals surface area contributed by atoms with Crippen LogP contribution in [-0.4, -0.2) is 16.8 Å². The molecule has 1 aromatic heterocycles. The second-order valence-corrected chi connectivity index (χ2v) is 3.01. The van der Waals surface area contributed by atoms with E-state index < -0.39 is 5.91 Å². The summed E-state index contributed by atoms with van der Waals surface area (Å²) in [5, 5.41) is 3.64. The molecule has 0 saturated heterocycles. The number of hydrogen-bond donors (Lipinski definition) is 3. The second kappa shape index (κ2) is 4.03. The first kappa shape index (κ1) is 8.95. The van der Waals surface area contributed by atoms with Crippen LogP contribution in [0.25, 0.3) is 0 Å². The van der Waals surface area contributed by atoms with Gasteiger partial charge in [-0.25, -0.2) is 0 Å². The van der Waals surface area contributed by atoms with Gasteiger partial charge in [0.25, 0.3) is 0 Å². The lowest BCUT2D eigenvalue weighted by Crippen LogP contribution is -2.21. The summed E-state index contributed by atoms with van der Waals surface area (Å²) in [6.07, 6.45) is 0. The van der Waals surface area contributed by atoms with Crippen LogP contribution in [0.5, 0.6) is 0 Å². The summed E-state index contributed by atoms with van der Waals surface area (Å²) in [6, 6.07) is 1.80. The molecule has 1 aromatic rings. The maximum Gasteiger partial charge on any atom is 0.236 e. The van der Waals surface area contributed by atoms with E-state index in [-0.39, 0.29) is 6.54 Å². The van der Waals surface area contributed by atoms with Crippen molar-refractivity contribution in [2.45, 2.75) is 6.54 Å². The van der Waals surface area contributed by atoms with Crippen LogP contribution in [-0.2, 0) is 11.3 Å². The van der Waals surface area contributed by atoms with E-state index in [1.165, 1.54) is 11.5 Å². The van der Waals surface area contributed by atoms with Crippen LogP contribution in [0.3, 0.4) is 0 Å². The third-order valence-electron chi connectivity index (χ3n) is 1.20. The standard InChI is InChI=1S/C6H10N4OS/c7-2-4-1-6(12-10-4)9-3-5(8)11/h1,9H,2-3,7H2,(H2,8,11). The second-order valence-electron chi connectivity index (χ2n) is 2.21. The molecule has 0 aliphatic heterocycles. The van der Waals surface area contributed by atoms with Crippen molar-refractivity contribution in [1.82, 2.24) is 4.37 Å². The molecule has 1 rings (SSSR count). The molecule has 6 heteroatoms. The first-order valence-corrected chi connectivity index (χ1v) is 4.17. The fraction of sp³-hybridized carbons (Fsp3) is 0.333. The molecule has 0 aromatic carbocycles. The third kappa shape index (κ3) is 2.48. The number of primary amides is 1. The number of carbonyl (C=O) groups excluding carboxylic acids is 1. The Labute approximate surface area is 73.9 Å². The average Bonchev–Trinajstić information content (AvgIpc) is 2.48. The quantitative estimate of drug-likeness (QED) is 0.590. The molecule has 5 N–H and O–H groups in total. The van der Waals surface area contributed by atoms with Crippen molar-refractivity contribution in [2.24, 2.45) is 11.5 Å². The molecule has 0 bridgehead atoms. The van der Waals surface area contributed by atoms with Crippen LogP contribution in [0.1, 0.15) is 5.69 Å². The van der Waals surface area contributed by atoms with E-state index in [0.717, 1.165) is 10.7 Å². The van der Waals surface area contributed by atoms with Crippen molar-refractivity contribution in [2.75, 3.05) is 11.9 Å². The monoisotopic (exact) mass is 186 g/mol. The van der Waals surface area contributed by atoms with E-state index in [0.29, 0.717) is 6.54 Å². The lowest BCUT2D eigenvalue weighted by molar-refractivity contribution is -0.116. The summed E-state index contributed by atoms with van der Waals surface area (Å²) < 4.78 is 4.01. The topological polar surface area (TPSA) is 94.0 Å². The first-order valence-electron chi connectivity index (χ1n) is 3.40. The number of anilines is 1. The summed E-state index contributed by atoms with van der Waals surface area (Å²) in [6.45, 7) is 0.543. The largest absolute Gasteiger partial charge is 0.368 e. The van der Waals surface area contributed by atoms with Crippen molar-refractivity contribution in [3.8, 4) is 0 Å². The maximum absolute atomic E-state index is 10.4. The normalized spacial score (nSPS) is 9.75. The smallest absolute Gasteiger partial charge is 0.236 e. The molecule has 12 heavy (non-hydrogen) atoms. The van der Waals surface area contributed by atoms with Crippen molar-refractivity contribution < 1.29 is 4.79 Å². The van der Waals surface area contributed by atoms with Crippen LogP contribution in [0, 0.1) is 0 Å². The third-order valence-corrected chi connectivity index (χ3v) is 1.99. The van der Waals surface area contributed by atoms with Gasteiger partial charge in [0.15, 0.2) is 0 Å². The van der Waals surface area contributed by atoms with Gasteiger partial charge in [0.1, 0.15) is 5.00 Å². The Morgan fingerprint density at radius 1 is 1.75 bits per heavy atom. The molecule has 1 amide bonds. The fourth-order valence-electron chi connectivity index (χ4n) is 0.666. The van der Waals surface area contributed by atoms with Gasteiger partial charge >= 0.3 is 0 Å². The minimum atomic E-state index is -0.391. The zero-order chi connectivity index (χ0) is 8.97. The Hall–Kier alpha value is -1.14. The van der Waals surface area contributed by atoms with Gasteiger partial charge in [0.2, 0.25) is 5.91 Å². The number of amides is 1. The van der Waals surface area contributed by atoms with Gasteiger partial charge < -0.3 is 16.8 Å². The zero-order valence-corrected chi connectivity index (χ0v) is 7.23. The Morgan fingerprint density at radius 3 is 3.00 bits per heavy atom. The summed E-state index contributed by atoms with van der Waals surface area (Å²) in [5.41, 5.74) is 11.1. The minimum Gasteiger partial charge on any atom is -0.368 e. The lowest BCUT2D eigenvalue weighted by atomic mass is 10.4. The van der Waals surface area contributed by atoms with E-state index in [2.05, 4.69) is 9.69 Å². The van der Waals surface area contributed by atoms with Crippen molar-refractivity contribution in [3.63, 3.8) is 0 Å². The van der Waals surface area contributed by atoms with Gasteiger partial charge in [-0.15, -0.1) is 0 Å². The molecule has 66 valence electrons. The van der Waals surface area contributed by atoms with Gasteiger partial charge in [-0.05, 0) is 17.6 Å². The predicted octanol–water partition coefficient (Wildman–Crippen LogP) is -0.501. The molecular weight excluding hydrogens is 176 g/mol. The molecular formula is C6H10N4OS. The Morgan fingerprint density at radius 2 is 2.50 bits per heavy atom. The maximum atomic E-state index is 10.4. The van der Waals surface area contributed by atoms with E-state index in [9.17, 15) is 4.79 Å². The van der Waals surface area contributed by atoms with E-state index >= 15 is 0 Å². The SMILES string of the molecule is NCc1cc(NCC(N)=O)sn1. The highest BCUT2D eigenvalue weighted by molar-refractivity contribution is 7.10. The van der Waals surface area contributed by atoms with Gasteiger partial charge in [0, 0.05) is 6.54 Å². The Kier molecular flexibility index (Phi) is 3.01. The minimum absolute atomic E-state index is 0.131. The fourth-order valence-corrected chi connectivity index (χ4v) is 1.33. The van der Waals surface area contributed by atoms with Gasteiger partial charge in [-0.3, -0.25) is 4.79 Å².